The Hall–Kier alpha value is -1.63. The van der Waals surface area contributed by atoms with Gasteiger partial charge in [-0.25, -0.2) is 0 Å². The minimum absolute atomic E-state index is 0.0638. The predicted octanol–water partition coefficient (Wildman–Crippen LogP) is 0.264. The Bertz CT molecular complexity index is 482. The topological polar surface area (TPSA) is 87.4 Å². The molecule has 21 heavy (non-hydrogen) atoms. The first-order chi connectivity index (χ1) is 10.2. The van der Waals surface area contributed by atoms with Crippen LogP contribution in [-0.4, -0.2) is 51.6 Å². The maximum Gasteiger partial charge on any atom is 0.191 e. The third-order valence-corrected chi connectivity index (χ3v) is 3.55. The number of nitrogens with one attached hydrogen (secondary N) is 2. The molecule has 118 valence electrons. The van der Waals surface area contributed by atoms with E-state index in [9.17, 15) is 0 Å². The van der Waals surface area contributed by atoms with E-state index in [1.54, 1.807) is 0 Å². The van der Waals surface area contributed by atoms with E-state index >= 15 is 0 Å². The number of aryl methyl sites for hydroxylation is 1. The molecule has 7 heteroatoms. The summed E-state index contributed by atoms with van der Waals surface area (Å²) in [4.78, 5) is 4.33. The number of nitrogens with zero attached hydrogens (tertiary/aromatic N) is 4. The summed E-state index contributed by atoms with van der Waals surface area (Å²) in [5.41, 5.74) is 0. The molecule has 0 aliphatic carbocycles. The second kappa shape index (κ2) is 7.40. The van der Waals surface area contributed by atoms with E-state index < -0.39 is 0 Å². The average Bonchev–Trinajstić information content (AvgIpc) is 2.88. The number of rotatable bonds is 5. The maximum absolute atomic E-state index is 8.91. The summed E-state index contributed by atoms with van der Waals surface area (Å²) in [6, 6.07) is 0.308. The Labute approximate surface area is 125 Å². The highest BCUT2D eigenvalue weighted by Crippen LogP contribution is 2.19. The summed E-state index contributed by atoms with van der Waals surface area (Å²) < 4.78 is 2.22. The molecule has 1 aromatic heterocycles. The second-order valence-corrected chi connectivity index (χ2v) is 5.60. The van der Waals surface area contributed by atoms with E-state index in [0.717, 1.165) is 43.5 Å². The number of fused-ring (bicyclic) bond motifs is 1. The molecule has 0 fully saturated rings. The molecule has 1 atom stereocenters. The molecule has 0 aromatic carbocycles. The molecule has 0 spiro atoms. The Morgan fingerprint density at radius 1 is 1.48 bits per heavy atom. The van der Waals surface area contributed by atoms with E-state index in [1.165, 1.54) is 0 Å². The highest BCUT2D eigenvalue weighted by molar-refractivity contribution is 5.80. The lowest BCUT2D eigenvalue weighted by Gasteiger charge is -2.27. The fourth-order valence-electron chi connectivity index (χ4n) is 2.57. The number of aliphatic imine (C=N–C) groups is 1. The molecule has 3 N–H and O–H groups in total. The summed E-state index contributed by atoms with van der Waals surface area (Å²) in [6.07, 6.45) is 1.94. The van der Waals surface area contributed by atoms with Gasteiger partial charge in [0, 0.05) is 31.5 Å². The van der Waals surface area contributed by atoms with Gasteiger partial charge in [0.25, 0.3) is 0 Å². The SMILES string of the molecule is CCNC(=NCCO)NC1CCc2nnc(C(C)C)n2C1. The van der Waals surface area contributed by atoms with Gasteiger partial charge in [-0.1, -0.05) is 13.8 Å². The maximum atomic E-state index is 8.91. The van der Waals surface area contributed by atoms with E-state index in [1.807, 2.05) is 6.92 Å². The molecule has 1 aromatic rings. The lowest BCUT2D eigenvalue weighted by atomic mass is 10.1. The van der Waals surface area contributed by atoms with Gasteiger partial charge in [0.1, 0.15) is 11.6 Å². The van der Waals surface area contributed by atoms with Crippen LogP contribution in [0, 0.1) is 0 Å². The van der Waals surface area contributed by atoms with Crippen molar-refractivity contribution in [3.05, 3.63) is 11.6 Å². The van der Waals surface area contributed by atoms with Crippen LogP contribution in [-0.2, 0) is 13.0 Å². The third kappa shape index (κ3) is 3.93. The molecule has 0 saturated heterocycles. The zero-order valence-electron chi connectivity index (χ0n) is 13.1. The summed E-state index contributed by atoms with van der Waals surface area (Å²) in [5.74, 6) is 3.27. The Morgan fingerprint density at radius 3 is 2.95 bits per heavy atom. The standard InChI is InChI=1S/C14H26N6O/c1-4-15-14(16-7-8-21)17-11-5-6-12-18-19-13(10(2)3)20(12)9-11/h10-11,21H,4-9H2,1-3H3,(H2,15,16,17). The summed E-state index contributed by atoms with van der Waals surface area (Å²) in [5, 5.41) is 24.1. The van der Waals surface area contributed by atoms with Gasteiger partial charge in [-0.15, -0.1) is 10.2 Å². The van der Waals surface area contributed by atoms with E-state index in [4.69, 9.17) is 5.11 Å². The first kappa shape index (κ1) is 15.8. The minimum atomic E-state index is 0.0638. The van der Waals surface area contributed by atoms with Crippen LogP contribution >= 0.6 is 0 Å². The molecular weight excluding hydrogens is 268 g/mol. The minimum Gasteiger partial charge on any atom is -0.394 e. The number of hydrogen-bond acceptors (Lipinski definition) is 4. The van der Waals surface area contributed by atoms with Crippen molar-refractivity contribution in [3.63, 3.8) is 0 Å². The largest absolute Gasteiger partial charge is 0.394 e. The van der Waals surface area contributed by atoms with Crippen LogP contribution in [0.15, 0.2) is 4.99 Å². The molecule has 2 rings (SSSR count). The van der Waals surface area contributed by atoms with Crippen LogP contribution in [0.1, 0.15) is 44.8 Å². The highest BCUT2D eigenvalue weighted by Gasteiger charge is 2.24. The van der Waals surface area contributed by atoms with Crippen molar-refractivity contribution in [1.82, 2.24) is 25.4 Å². The summed E-state index contributed by atoms with van der Waals surface area (Å²) in [7, 11) is 0. The summed E-state index contributed by atoms with van der Waals surface area (Å²) >= 11 is 0. The number of aromatic nitrogens is 3. The van der Waals surface area contributed by atoms with E-state index in [2.05, 4.69) is 44.2 Å². The fourth-order valence-corrected chi connectivity index (χ4v) is 2.57. The number of aliphatic hydroxyl groups excluding tert-OH is 1. The van der Waals surface area contributed by atoms with Gasteiger partial charge in [-0.2, -0.15) is 0 Å². The lowest BCUT2D eigenvalue weighted by molar-refractivity contribution is 0.306. The van der Waals surface area contributed by atoms with Crippen molar-refractivity contribution in [2.45, 2.75) is 52.1 Å². The fraction of sp³-hybridized carbons (Fsp3) is 0.786. The van der Waals surface area contributed by atoms with Gasteiger partial charge in [0.15, 0.2) is 5.96 Å². The molecule has 0 radical (unpaired) electrons. The molecule has 0 amide bonds. The molecule has 1 aliphatic heterocycles. The van der Waals surface area contributed by atoms with Crippen molar-refractivity contribution in [2.75, 3.05) is 19.7 Å². The molecular formula is C14H26N6O. The van der Waals surface area contributed by atoms with Gasteiger partial charge < -0.3 is 20.3 Å². The normalized spacial score (nSPS) is 18.7. The molecule has 7 nitrogen and oxygen atoms in total. The molecule has 0 bridgehead atoms. The van der Waals surface area contributed by atoms with E-state index in [0.29, 0.717) is 18.5 Å². The Kier molecular flexibility index (Phi) is 5.55. The summed E-state index contributed by atoms with van der Waals surface area (Å²) in [6.45, 7) is 8.46. The Balaban J connectivity index is 2.04. The van der Waals surface area contributed by atoms with Crippen LogP contribution in [0.4, 0.5) is 0 Å². The zero-order chi connectivity index (χ0) is 15.2. The van der Waals surface area contributed by atoms with Crippen molar-refractivity contribution < 1.29 is 5.11 Å². The van der Waals surface area contributed by atoms with Crippen molar-refractivity contribution >= 4 is 5.96 Å². The van der Waals surface area contributed by atoms with Crippen LogP contribution in [0.5, 0.6) is 0 Å². The predicted molar refractivity (Wildman–Crippen MR) is 82.4 cm³/mol. The van der Waals surface area contributed by atoms with Crippen LogP contribution in [0.3, 0.4) is 0 Å². The van der Waals surface area contributed by atoms with Crippen LogP contribution in [0.2, 0.25) is 0 Å². The quantitative estimate of drug-likeness (QED) is 0.536. The molecule has 2 heterocycles. The van der Waals surface area contributed by atoms with Gasteiger partial charge in [0.05, 0.1) is 13.2 Å². The number of guanidine groups is 1. The number of aliphatic hydroxyl groups is 1. The van der Waals surface area contributed by atoms with Gasteiger partial charge in [0.2, 0.25) is 0 Å². The lowest BCUT2D eigenvalue weighted by Crippen LogP contribution is -2.47. The van der Waals surface area contributed by atoms with Gasteiger partial charge in [-0.3, -0.25) is 4.99 Å². The monoisotopic (exact) mass is 294 g/mol. The van der Waals surface area contributed by atoms with E-state index in [-0.39, 0.29) is 6.61 Å². The molecule has 1 aliphatic rings. The van der Waals surface area contributed by atoms with Gasteiger partial charge in [-0.05, 0) is 13.3 Å². The zero-order valence-corrected chi connectivity index (χ0v) is 13.1. The highest BCUT2D eigenvalue weighted by atomic mass is 16.3. The van der Waals surface area contributed by atoms with Gasteiger partial charge >= 0.3 is 0 Å². The third-order valence-electron chi connectivity index (χ3n) is 3.55. The van der Waals surface area contributed by atoms with Crippen molar-refractivity contribution in [3.8, 4) is 0 Å². The molecule has 0 saturated carbocycles. The first-order valence-corrected chi connectivity index (χ1v) is 7.73. The van der Waals surface area contributed by atoms with Crippen LogP contribution in [0.25, 0.3) is 0 Å². The smallest absolute Gasteiger partial charge is 0.191 e. The van der Waals surface area contributed by atoms with Crippen molar-refractivity contribution in [1.29, 1.82) is 0 Å². The second-order valence-electron chi connectivity index (χ2n) is 5.60. The average molecular weight is 294 g/mol. The van der Waals surface area contributed by atoms with Crippen LogP contribution < -0.4 is 10.6 Å². The first-order valence-electron chi connectivity index (χ1n) is 7.73. The molecule has 1 unspecified atom stereocenters. The Morgan fingerprint density at radius 2 is 2.29 bits per heavy atom. The number of hydrogen-bond donors (Lipinski definition) is 3. The van der Waals surface area contributed by atoms with Crippen molar-refractivity contribution in [2.24, 2.45) is 4.99 Å².